The monoisotopic (exact) mass is 1780 g/mol. The first-order chi connectivity index (χ1) is 66.0. The Labute approximate surface area is 788 Å². The van der Waals surface area contributed by atoms with E-state index in [-0.39, 0.29) is 0 Å². The Hall–Kier alpha value is -16.5. The van der Waals surface area contributed by atoms with Crippen LogP contribution in [0.1, 0.15) is 28.3 Å². The van der Waals surface area contributed by atoms with Crippen LogP contribution in [0.3, 0.4) is 0 Å². The molecule has 0 amide bonds. The molecule has 0 spiro atoms. The highest BCUT2D eigenvalue weighted by atomic mass is 28.3. The first-order valence-electron chi connectivity index (χ1n) is 45.0. The van der Waals surface area contributed by atoms with Crippen LogP contribution in [-0.4, -0.2) is 79.0 Å². The van der Waals surface area contributed by atoms with Gasteiger partial charge in [-0.3, -0.25) is 4.98 Å². The fraction of sp³-hybridized carbons (Fsp3) is 0.0417. The average molecular weight is 1780 g/mol. The van der Waals surface area contributed by atoms with Crippen molar-refractivity contribution in [3.05, 3.63) is 539 Å². The Bertz CT molecular complexity index is 6400. The zero-order chi connectivity index (χ0) is 91.6. The molecule has 21 aromatic rings. The van der Waals surface area contributed by atoms with E-state index in [0.717, 1.165) is 73.5 Å². The molecule has 11 nitrogen and oxygen atoms in total. The molecule has 0 N–H and O–H groups in total. The standard InChI is InChI=1S/C30H25NSi.C29H24N2Si.C28H23N3Si.C17H14N2.C16H13N3/c1-24-20-21-31-30(22-24)25-12-11-19-29(23-25)32(26-13-5-2-6-14-26,27-15-7-3-8-16-27)28-17-9-4-10-18-28;1-23-30-21-20-29(31-23)24-12-11-19-28(22-24)32(25-13-5-2-6-14-25,26-15-7-3-8-16-26)27-17-9-4-10-18-27;1-22-29-21-30-28(31-22)23-12-11-19-27(20-23)32(24-13-5-2-6-14-24,25-15-7-3-8-16-25)26-17-9-4-10-18-26;1-13-7-9-15(10-8-13)17-18-12-11-16(19-17)14-5-3-2-4-6-14;1-12-7-9-14(10-8-12)16-18-11-17-15(19-16)13-5-3-2-4-6-13/h2-23H,1H3;2-22H,1H3;2-21H,1H3;2-12H,1H3;2-11H,1H3. The molecule has 21 rings (SSSR count). The van der Waals surface area contributed by atoms with Gasteiger partial charge in [0.1, 0.15) is 24.3 Å². The Morgan fingerprint density at radius 2 is 0.410 bits per heavy atom. The van der Waals surface area contributed by atoms with Gasteiger partial charge in [0.05, 0.1) is 17.1 Å². The van der Waals surface area contributed by atoms with Crippen LogP contribution in [0.15, 0.2) is 510 Å². The minimum atomic E-state index is -2.55. The van der Waals surface area contributed by atoms with Crippen LogP contribution in [0.5, 0.6) is 0 Å². The van der Waals surface area contributed by atoms with Crippen LogP contribution >= 0.6 is 0 Å². The molecule has 0 aliphatic rings. The number of aryl methyl sites for hydroxylation is 5. The third-order valence-electron chi connectivity index (χ3n) is 23.9. The van der Waals surface area contributed by atoms with Crippen molar-refractivity contribution < 1.29 is 0 Å². The number of nitrogens with zero attached hydrogens (tertiary/aromatic N) is 11. The highest BCUT2D eigenvalue weighted by Gasteiger charge is 2.44. The molecule has 0 fully saturated rings. The van der Waals surface area contributed by atoms with E-state index in [1.54, 1.807) is 12.7 Å². The molecule has 14 heteroatoms. The Kier molecular flexibility index (Phi) is 28.9. The van der Waals surface area contributed by atoms with Gasteiger partial charge >= 0.3 is 0 Å². The first-order valence-corrected chi connectivity index (χ1v) is 51.0. The van der Waals surface area contributed by atoms with Crippen molar-refractivity contribution >= 4 is 86.5 Å². The maximum Gasteiger partial charge on any atom is 0.179 e. The summed E-state index contributed by atoms with van der Waals surface area (Å²) >= 11 is 0. The molecule has 0 aliphatic heterocycles. The molecule has 16 aromatic carbocycles. The number of benzene rings is 16. The topological polar surface area (TPSA) is 142 Å². The molecule has 0 bridgehead atoms. The largest absolute Gasteiger partial charge is 0.256 e. The van der Waals surface area contributed by atoms with Crippen LogP contribution < -0.4 is 62.2 Å². The fourth-order valence-corrected chi connectivity index (χ4v) is 32.0. The third kappa shape index (κ3) is 20.5. The maximum atomic E-state index is 4.69. The van der Waals surface area contributed by atoms with Gasteiger partial charge in [0.2, 0.25) is 0 Å². The summed E-state index contributed by atoms with van der Waals surface area (Å²) < 4.78 is 0. The van der Waals surface area contributed by atoms with Crippen molar-refractivity contribution in [3.8, 4) is 79.3 Å². The van der Waals surface area contributed by atoms with Gasteiger partial charge in [-0.15, -0.1) is 0 Å². The van der Waals surface area contributed by atoms with Gasteiger partial charge in [-0.2, -0.15) is 0 Å². The van der Waals surface area contributed by atoms with E-state index in [2.05, 4.69) is 476 Å². The molecular weight excluding hydrogens is 1680 g/mol. The van der Waals surface area contributed by atoms with Gasteiger partial charge < -0.3 is 0 Å². The number of aromatic nitrogens is 11. The zero-order valence-corrected chi connectivity index (χ0v) is 78.4. The summed E-state index contributed by atoms with van der Waals surface area (Å²) in [5.41, 5.74) is 14.0. The van der Waals surface area contributed by atoms with Crippen LogP contribution in [0.25, 0.3) is 79.3 Å². The summed E-state index contributed by atoms with van der Waals surface area (Å²) in [6.07, 6.45) is 8.68. The van der Waals surface area contributed by atoms with Crippen LogP contribution in [-0.2, 0) is 0 Å². The zero-order valence-electron chi connectivity index (χ0n) is 75.4. The molecule has 646 valence electrons. The SMILES string of the molecule is Cc1ccc(-c2nccc(-c3ccccc3)n2)cc1.Cc1ccc(-c2ncnc(-c3ccccc3)n2)cc1.Cc1ccnc(-c2cccc([Si](c3ccccc3)(c3ccccc3)c3ccccc3)c2)c1.Cc1nccc(-c2cccc([Si](c3ccccc3)(c3ccccc3)c3ccccc3)c2)n1.Cc1ncnc(-c2cccc([Si](c3ccccc3)(c3ccccc3)c3ccccc3)c2)n1. The molecule has 0 saturated heterocycles. The molecule has 5 aromatic heterocycles. The Balaban J connectivity index is 0.000000119. The molecule has 134 heavy (non-hydrogen) atoms. The van der Waals surface area contributed by atoms with Crippen LogP contribution in [0.4, 0.5) is 0 Å². The summed E-state index contributed by atoms with van der Waals surface area (Å²) in [5.74, 6) is 4.38. The number of hydrogen-bond donors (Lipinski definition) is 0. The molecule has 0 unspecified atom stereocenters. The van der Waals surface area contributed by atoms with E-state index in [1.807, 2.05) is 111 Å². The molecule has 0 atom stereocenters. The second kappa shape index (κ2) is 43.3. The lowest BCUT2D eigenvalue weighted by atomic mass is 10.1. The Morgan fingerprint density at radius 1 is 0.149 bits per heavy atom. The number of pyridine rings is 1. The van der Waals surface area contributed by atoms with E-state index in [4.69, 9.17) is 0 Å². The van der Waals surface area contributed by atoms with Crippen molar-refractivity contribution in [1.82, 2.24) is 54.8 Å². The molecule has 5 heterocycles. The Morgan fingerprint density at radius 3 is 0.761 bits per heavy atom. The van der Waals surface area contributed by atoms with Gasteiger partial charge in [-0.25, -0.2) is 49.8 Å². The molecular formula is C120H99N11Si3. The fourth-order valence-electron chi connectivity index (χ4n) is 17.6. The summed E-state index contributed by atoms with van der Waals surface area (Å²) in [4.78, 5) is 48.8. The smallest absolute Gasteiger partial charge is 0.179 e. The van der Waals surface area contributed by atoms with Crippen molar-refractivity contribution in [3.63, 3.8) is 0 Å². The first kappa shape index (κ1) is 89.5. The average Bonchev–Trinajstić information content (AvgIpc) is 0.741. The van der Waals surface area contributed by atoms with Gasteiger partial charge in [-0.05, 0) is 127 Å². The van der Waals surface area contributed by atoms with E-state index in [1.165, 1.54) is 78.9 Å². The molecule has 0 radical (unpaired) electrons. The lowest BCUT2D eigenvalue weighted by Gasteiger charge is -2.34. The number of rotatable bonds is 19. The van der Waals surface area contributed by atoms with Crippen molar-refractivity contribution in [1.29, 1.82) is 0 Å². The predicted octanol–water partition coefficient (Wildman–Crippen LogP) is 19.1. The predicted molar refractivity (Wildman–Crippen MR) is 561 cm³/mol. The summed E-state index contributed by atoms with van der Waals surface area (Å²) in [6.45, 7) is 10.1. The van der Waals surface area contributed by atoms with E-state index >= 15 is 0 Å². The lowest BCUT2D eigenvalue weighted by Crippen LogP contribution is -2.74. The third-order valence-corrected chi connectivity index (χ3v) is 38.3. The molecule has 0 saturated carbocycles. The van der Waals surface area contributed by atoms with E-state index in [0.29, 0.717) is 17.5 Å². The highest BCUT2D eigenvalue weighted by molar-refractivity contribution is 7.21. The minimum Gasteiger partial charge on any atom is -0.256 e. The van der Waals surface area contributed by atoms with Crippen molar-refractivity contribution in [2.75, 3.05) is 0 Å². The van der Waals surface area contributed by atoms with Gasteiger partial charge in [0.25, 0.3) is 0 Å². The van der Waals surface area contributed by atoms with Gasteiger partial charge in [-0.1, -0.05) is 466 Å². The van der Waals surface area contributed by atoms with E-state index < -0.39 is 24.2 Å². The maximum absolute atomic E-state index is 4.69. The summed E-state index contributed by atoms with van der Waals surface area (Å²) in [7, 11) is -7.58. The van der Waals surface area contributed by atoms with E-state index in [9.17, 15) is 0 Å². The second-order valence-corrected chi connectivity index (χ2v) is 44.1. The van der Waals surface area contributed by atoms with Crippen molar-refractivity contribution in [2.24, 2.45) is 0 Å². The normalized spacial score (nSPS) is 11.0. The van der Waals surface area contributed by atoms with Gasteiger partial charge in [0.15, 0.2) is 47.5 Å². The quantitative estimate of drug-likeness (QED) is 0.0564. The van der Waals surface area contributed by atoms with Crippen molar-refractivity contribution in [2.45, 2.75) is 34.6 Å². The van der Waals surface area contributed by atoms with Crippen LogP contribution in [0, 0.1) is 34.6 Å². The summed E-state index contributed by atoms with van der Waals surface area (Å²) in [5, 5.41) is 16.3. The molecule has 0 aliphatic carbocycles. The second-order valence-electron chi connectivity index (χ2n) is 32.7. The van der Waals surface area contributed by atoms with Crippen LogP contribution in [0.2, 0.25) is 0 Å². The number of hydrogen-bond acceptors (Lipinski definition) is 11. The van der Waals surface area contributed by atoms with Gasteiger partial charge in [0, 0.05) is 57.5 Å². The lowest BCUT2D eigenvalue weighted by molar-refractivity contribution is 0.983. The minimum absolute atomic E-state index is 0.700. The highest BCUT2D eigenvalue weighted by Crippen LogP contribution is 2.26. The summed E-state index contributed by atoms with van der Waals surface area (Å²) in [6, 6.07) is 170.